The van der Waals surface area contributed by atoms with Gasteiger partial charge in [0.25, 0.3) is 0 Å². The molecule has 0 atom stereocenters. The number of anilines is 2. The standard InChI is InChI=1S/C41H31N4O.Pt/c1-41(2,3)31-20-21-42-37(25-31)30-22-29(28-12-5-4-6-13-28)23-34(24-30)46-33-15-11-14-32(26-33)44-27-45-39-19-10-8-17-36(39)43-40(45)35-16-7-9-18-38(35)44;/h4-23,25,27H,1-3H3;/q-3;. The zero-order valence-electron chi connectivity index (χ0n) is 26.2. The first-order chi connectivity index (χ1) is 22.4. The summed E-state index contributed by atoms with van der Waals surface area (Å²) >= 11 is 0. The minimum Gasteiger partial charge on any atom is -0.503 e. The molecule has 0 amide bonds. The van der Waals surface area contributed by atoms with Crippen molar-refractivity contribution in [2.45, 2.75) is 26.2 Å². The van der Waals surface area contributed by atoms with Crippen LogP contribution in [-0.2, 0) is 26.5 Å². The van der Waals surface area contributed by atoms with Crippen LogP contribution in [0.1, 0.15) is 26.3 Å². The average Bonchev–Trinajstić information content (AvgIpc) is 3.47. The van der Waals surface area contributed by atoms with E-state index in [1.54, 1.807) is 0 Å². The second kappa shape index (κ2) is 12.2. The van der Waals surface area contributed by atoms with Gasteiger partial charge in [0.05, 0.1) is 0 Å². The molecule has 0 aliphatic carbocycles. The van der Waals surface area contributed by atoms with Crippen LogP contribution in [0.15, 0.2) is 128 Å². The maximum absolute atomic E-state index is 6.55. The van der Waals surface area contributed by atoms with Gasteiger partial charge in [0.15, 0.2) is 0 Å². The van der Waals surface area contributed by atoms with Gasteiger partial charge >= 0.3 is 0 Å². The van der Waals surface area contributed by atoms with E-state index in [0.717, 1.165) is 56.2 Å². The molecule has 234 valence electrons. The quantitative estimate of drug-likeness (QED) is 0.163. The summed E-state index contributed by atoms with van der Waals surface area (Å²) in [6, 6.07) is 48.2. The fourth-order valence-corrected chi connectivity index (χ4v) is 5.93. The predicted octanol–water partition coefficient (Wildman–Crippen LogP) is 10.2. The summed E-state index contributed by atoms with van der Waals surface area (Å²) in [6.45, 7) is 8.71. The van der Waals surface area contributed by atoms with Crippen LogP contribution in [0.4, 0.5) is 11.4 Å². The van der Waals surface area contributed by atoms with E-state index in [-0.39, 0.29) is 26.5 Å². The first kappa shape index (κ1) is 30.5. The molecule has 5 aromatic carbocycles. The zero-order valence-corrected chi connectivity index (χ0v) is 28.5. The van der Waals surface area contributed by atoms with Crippen molar-refractivity contribution in [3.05, 3.63) is 152 Å². The molecule has 0 unspecified atom stereocenters. The van der Waals surface area contributed by atoms with Gasteiger partial charge in [0.1, 0.15) is 0 Å². The third-order valence-electron chi connectivity index (χ3n) is 8.32. The summed E-state index contributed by atoms with van der Waals surface area (Å²) in [6.07, 6.45) is 1.87. The number of imidazole rings is 1. The number of aromatic nitrogens is 3. The molecule has 7 aromatic rings. The van der Waals surface area contributed by atoms with Gasteiger partial charge in [-0.3, -0.25) is 0 Å². The molecule has 47 heavy (non-hydrogen) atoms. The van der Waals surface area contributed by atoms with Crippen LogP contribution in [0, 0.1) is 18.8 Å². The molecule has 5 nitrogen and oxygen atoms in total. The Kier molecular flexibility index (Phi) is 7.95. The van der Waals surface area contributed by atoms with E-state index in [9.17, 15) is 0 Å². The van der Waals surface area contributed by atoms with Gasteiger partial charge < -0.3 is 24.2 Å². The molecule has 3 heterocycles. The number of para-hydroxylation sites is 3. The van der Waals surface area contributed by atoms with E-state index < -0.39 is 0 Å². The number of hydrogen-bond acceptors (Lipinski definition) is 4. The third-order valence-corrected chi connectivity index (χ3v) is 8.32. The molecule has 0 saturated heterocycles. The van der Waals surface area contributed by atoms with Gasteiger partial charge in [-0.05, 0) is 58.2 Å². The minimum absolute atomic E-state index is 0. The number of nitrogens with zero attached hydrogens (tertiary/aromatic N) is 4. The van der Waals surface area contributed by atoms with Gasteiger partial charge in [-0.1, -0.05) is 117 Å². The van der Waals surface area contributed by atoms with Crippen LogP contribution in [0.5, 0.6) is 11.5 Å². The zero-order chi connectivity index (χ0) is 31.3. The van der Waals surface area contributed by atoms with Gasteiger partial charge in [-0.15, -0.1) is 29.8 Å². The van der Waals surface area contributed by atoms with Crippen LogP contribution in [0.2, 0.25) is 0 Å². The molecular weight excluding hydrogens is 760 g/mol. The number of benzene rings is 5. The maximum Gasteiger partial charge on any atom is 0.0427 e. The second-order valence-corrected chi connectivity index (χ2v) is 12.5. The number of pyridine rings is 1. The Morgan fingerprint density at radius 1 is 0.723 bits per heavy atom. The molecule has 6 heteroatoms. The average molecular weight is 791 g/mol. The van der Waals surface area contributed by atoms with Crippen molar-refractivity contribution < 1.29 is 25.8 Å². The van der Waals surface area contributed by atoms with E-state index in [1.807, 2.05) is 72.9 Å². The van der Waals surface area contributed by atoms with Crippen molar-refractivity contribution in [1.82, 2.24) is 14.5 Å². The van der Waals surface area contributed by atoms with Crippen LogP contribution in [0.25, 0.3) is 44.8 Å². The van der Waals surface area contributed by atoms with Crippen LogP contribution < -0.4 is 9.64 Å². The van der Waals surface area contributed by atoms with Crippen molar-refractivity contribution in [3.63, 3.8) is 0 Å². The first-order valence-corrected chi connectivity index (χ1v) is 15.4. The largest absolute Gasteiger partial charge is 0.503 e. The molecule has 2 aromatic heterocycles. The molecule has 1 aliphatic rings. The van der Waals surface area contributed by atoms with Gasteiger partial charge in [0, 0.05) is 55.8 Å². The monoisotopic (exact) mass is 790 g/mol. The van der Waals surface area contributed by atoms with Crippen molar-refractivity contribution in [3.8, 4) is 45.3 Å². The fourth-order valence-electron chi connectivity index (χ4n) is 5.93. The molecule has 0 saturated carbocycles. The number of rotatable bonds is 5. The van der Waals surface area contributed by atoms with Crippen LogP contribution >= 0.6 is 0 Å². The Hall–Kier alpha value is -5.12. The van der Waals surface area contributed by atoms with E-state index in [4.69, 9.17) is 14.7 Å². The molecule has 1 aliphatic heterocycles. The summed E-state index contributed by atoms with van der Waals surface area (Å²) in [4.78, 5) is 11.8. The van der Waals surface area contributed by atoms with E-state index in [2.05, 4.69) is 104 Å². The summed E-state index contributed by atoms with van der Waals surface area (Å²) < 4.78 is 8.69. The number of ether oxygens (including phenoxy) is 1. The number of fused-ring (bicyclic) bond motifs is 5. The Labute approximate surface area is 289 Å². The normalized spacial score (nSPS) is 12.1. The third kappa shape index (κ3) is 5.84. The van der Waals surface area contributed by atoms with E-state index in [1.165, 1.54) is 5.56 Å². The Balaban J connectivity index is 0.00000351. The Morgan fingerprint density at radius 3 is 2.36 bits per heavy atom. The first-order valence-electron chi connectivity index (χ1n) is 15.4. The van der Waals surface area contributed by atoms with Gasteiger partial charge in [-0.2, -0.15) is 6.07 Å². The molecule has 8 rings (SSSR count). The molecule has 0 spiro atoms. The second-order valence-electron chi connectivity index (χ2n) is 12.5. The van der Waals surface area contributed by atoms with Crippen molar-refractivity contribution in [2.75, 3.05) is 4.90 Å². The van der Waals surface area contributed by atoms with Crippen LogP contribution in [-0.4, -0.2) is 14.5 Å². The van der Waals surface area contributed by atoms with E-state index in [0.29, 0.717) is 11.5 Å². The fraction of sp³-hybridized carbons (Fsp3) is 0.0976. The predicted molar refractivity (Wildman–Crippen MR) is 185 cm³/mol. The summed E-state index contributed by atoms with van der Waals surface area (Å²) in [5.74, 6) is 2.11. The number of hydrogen-bond donors (Lipinski definition) is 0. The van der Waals surface area contributed by atoms with E-state index >= 15 is 0 Å². The topological polar surface area (TPSA) is 43.2 Å². The summed E-state index contributed by atoms with van der Waals surface area (Å²) in [5, 5.41) is 0. The SMILES string of the molecule is CC(C)(C)c1ccnc(-c2[c-]c(Oc3[c-]c(N4[CH-]n5c(nc6ccccc65)-c5ccccc54)ccc3)cc(-c3ccccc3)c2)c1.[Pt]. The summed E-state index contributed by atoms with van der Waals surface area (Å²) in [7, 11) is 0. The smallest absolute Gasteiger partial charge is 0.0427 e. The molecular formula is C41H31N4OPt-3. The molecule has 0 radical (unpaired) electrons. The van der Waals surface area contributed by atoms with Gasteiger partial charge in [-0.25, -0.2) is 0 Å². The molecule has 0 bridgehead atoms. The van der Waals surface area contributed by atoms with Crippen molar-refractivity contribution in [1.29, 1.82) is 0 Å². The van der Waals surface area contributed by atoms with Crippen LogP contribution in [0.3, 0.4) is 0 Å². The molecule has 0 fully saturated rings. The Bertz CT molecular complexity index is 2220. The molecule has 0 N–H and O–H groups in total. The maximum atomic E-state index is 6.55. The van der Waals surface area contributed by atoms with Crippen molar-refractivity contribution >= 4 is 22.4 Å². The van der Waals surface area contributed by atoms with Crippen molar-refractivity contribution in [2.24, 2.45) is 0 Å². The summed E-state index contributed by atoms with van der Waals surface area (Å²) in [5.41, 5.74) is 10.0. The van der Waals surface area contributed by atoms with Gasteiger partial charge in [0.2, 0.25) is 0 Å². The Morgan fingerprint density at radius 2 is 1.51 bits per heavy atom. The minimum atomic E-state index is -0.00266.